The molecule has 11 heterocycles. The van der Waals surface area contributed by atoms with Crippen molar-refractivity contribution < 1.29 is 35.8 Å². The van der Waals surface area contributed by atoms with E-state index in [-0.39, 0.29) is 69.4 Å². The lowest BCUT2D eigenvalue weighted by atomic mass is 10.1. The summed E-state index contributed by atoms with van der Waals surface area (Å²) < 4.78 is 74.1. The number of alkyl halides is 2. The maximum absolute atomic E-state index is 14.0. The highest BCUT2D eigenvalue weighted by atomic mass is 32.2. The van der Waals surface area contributed by atoms with E-state index in [9.17, 15) is 35.8 Å². The molecule has 0 spiro atoms. The first-order valence-corrected chi connectivity index (χ1v) is 40.3. The number of nitrogens with zero attached hydrogens (tertiary/aromatic N) is 17. The van der Waals surface area contributed by atoms with Crippen LogP contribution in [0.15, 0.2) is 257 Å². The molecular weight excluding hydrogens is 1470 g/mol. The lowest BCUT2D eigenvalue weighted by molar-refractivity contribution is 0.0174. The number of aromatic nitrogens is 8. The molecular formula is C83H77F2N17O6S3. The van der Waals surface area contributed by atoms with Crippen molar-refractivity contribution in [2.75, 3.05) is 42.4 Å². The van der Waals surface area contributed by atoms with Crippen LogP contribution in [0.5, 0.6) is 0 Å². The van der Waals surface area contributed by atoms with Crippen LogP contribution in [0.1, 0.15) is 113 Å². The summed E-state index contributed by atoms with van der Waals surface area (Å²) in [5.41, 5.74) is 7.00. The average Bonchev–Trinajstić information content (AvgIpc) is 1.58. The fourth-order valence-corrected chi connectivity index (χ4v) is 19.6. The minimum absolute atomic E-state index is 0.0200. The number of guanidine groups is 3. The summed E-state index contributed by atoms with van der Waals surface area (Å²) in [7, 11) is -0.623. The number of benzene rings is 6. The normalized spacial score (nSPS) is 19.3. The Balaban J connectivity index is 0.000000121. The molecule has 0 bridgehead atoms. The van der Waals surface area contributed by atoms with E-state index in [1.165, 1.54) is 46.0 Å². The molecule has 2 aliphatic carbocycles. The summed E-state index contributed by atoms with van der Waals surface area (Å²) >= 11 is 1.60. The molecule has 5 aromatic heterocycles. The lowest BCUT2D eigenvalue weighted by Crippen LogP contribution is -2.51. The predicted molar refractivity (Wildman–Crippen MR) is 421 cm³/mol. The van der Waals surface area contributed by atoms with Gasteiger partial charge in [0.15, 0.2) is 22.5 Å². The summed E-state index contributed by atoms with van der Waals surface area (Å²) in [5.74, 6) is -0.447. The number of pyridine rings is 2. The van der Waals surface area contributed by atoms with Gasteiger partial charge in [0, 0.05) is 66.9 Å². The summed E-state index contributed by atoms with van der Waals surface area (Å²) in [6.07, 6.45) is 9.99. The van der Waals surface area contributed by atoms with E-state index >= 15 is 0 Å². The molecule has 5 atom stereocenters. The van der Waals surface area contributed by atoms with Crippen LogP contribution in [0, 0.1) is 0 Å². The van der Waals surface area contributed by atoms with Crippen LogP contribution in [0.3, 0.4) is 0 Å². The molecule has 1 unspecified atom stereocenters. The van der Waals surface area contributed by atoms with Gasteiger partial charge in [-0.25, -0.2) is 45.7 Å². The average molecular weight is 1540 g/mol. The minimum atomic E-state index is -4.17. The minimum Gasteiger partial charge on any atom is -0.292 e. The fraction of sp³-hybridized carbons (Fsp3) is 0.265. The van der Waals surface area contributed by atoms with Crippen LogP contribution in [0.4, 0.5) is 26.2 Å². The topological polar surface area (TPSA) is 238 Å². The quantitative estimate of drug-likeness (QED) is 0.0927. The van der Waals surface area contributed by atoms with Crippen molar-refractivity contribution in [3.05, 3.63) is 252 Å². The molecule has 0 saturated heterocycles. The summed E-state index contributed by atoms with van der Waals surface area (Å²) in [5, 5.41) is 15.7. The second-order valence-electron chi connectivity index (χ2n) is 29.3. The summed E-state index contributed by atoms with van der Waals surface area (Å²) in [6, 6.07) is 62.1. The molecule has 28 heteroatoms. The van der Waals surface area contributed by atoms with E-state index < -0.39 is 38.0 Å². The number of hydrogen-bond donors (Lipinski definition) is 0. The van der Waals surface area contributed by atoms with Gasteiger partial charge in [0.25, 0.3) is 23.6 Å². The van der Waals surface area contributed by atoms with Gasteiger partial charge in [0.05, 0.1) is 72.2 Å². The molecule has 111 heavy (non-hydrogen) atoms. The third-order valence-electron chi connectivity index (χ3n) is 21.2. The molecule has 2 saturated carbocycles. The molecule has 11 aromatic rings. The van der Waals surface area contributed by atoms with Gasteiger partial charge < -0.3 is 0 Å². The number of amides is 3. The third-order valence-corrected chi connectivity index (χ3v) is 25.6. The first-order valence-electron chi connectivity index (χ1n) is 36.8. The largest absolute Gasteiger partial charge is 0.292 e. The Hall–Kier alpha value is -11.6. The maximum Gasteiger partial charge on any atom is 0.270 e. The van der Waals surface area contributed by atoms with E-state index in [0.717, 1.165) is 101 Å². The Morgan fingerprint density at radius 3 is 1.52 bits per heavy atom. The number of anilines is 3. The van der Waals surface area contributed by atoms with Gasteiger partial charge in [-0.1, -0.05) is 151 Å². The standard InChI is InChI=1S/C29H26N6O2S.C29H26N6OS.C25H25F2N5O3S/c1-33-27(36)25-26(35-24-12-7-11-23(24)31-29(33)35)32-34(28(25)38(37)21-8-3-2-4-9-21)18-19-13-15-20(16-14-19)22-10-5-6-17-30-22;1-33-27(36)25-26(35-24-12-7-11-23(24)31-29(33)35)32-34(28(25)37-21-8-3-2-4-9-21)18-19-13-15-20(16-14-19)22-10-5-6-17-30-22;1-24(2)15-31-20-19(21(33)30(4)23(31)28-24)22(36(34,35)18-8-6-5-7-9-18)32(29-20)14-16-10-12-17(13-11-16)25(3,26)27/h2-6,8-10,13-17,23-24H,7,11-12,18H2,1H3;2-6,8-10,13-17,23-24H,7,11-12,18H2,1H3;5-13H,14-15H2,1-4H3/t23-,24+,38?;23-,24+;/m11./s1. The highest BCUT2D eigenvalue weighted by Crippen LogP contribution is 2.47. The zero-order valence-electron chi connectivity index (χ0n) is 61.6. The van der Waals surface area contributed by atoms with Crippen LogP contribution in [-0.2, 0) is 46.2 Å². The highest BCUT2D eigenvalue weighted by Gasteiger charge is 2.53. The Bertz CT molecular complexity index is 5690. The predicted octanol–water partition coefficient (Wildman–Crippen LogP) is 13.6. The monoisotopic (exact) mass is 1540 g/mol. The molecule has 23 nitrogen and oxygen atoms in total. The summed E-state index contributed by atoms with van der Waals surface area (Å²) in [4.78, 5) is 76.7. The highest BCUT2D eigenvalue weighted by molar-refractivity contribution is 7.99. The number of aliphatic imine (C=N–C) groups is 3. The van der Waals surface area contributed by atoms with Crippen LogP contribution in [0.25, 0.3) is 22.5 Å². The van der Waals surface area contributed by atoms with Crippen molar-refractivity contribution in [2.45, 2.75) is 144 Å². The van der Waals surface area contributed by atoms with E-state index in [4.69, 9.17) is 20.2 Å². The van der Waals surface area contributed by atoms with Crippen molar-refractivity contribution in [2.24, 2.45) is 15.0 Å². The van der Waals surface area contributed by atoms with Gasteiger partial charge in [-0.2, -0.15) is 15.3 Å². The van der Waals surface area contributed by atoms with E-state index in [1.54, 1.807) is 69.6 Å². The second kappa shape index (κ2) is 28.7. The van der Waals surface area contributed by atoms with Crippen molar-refractivity contribution in [1.29, 1.82) is 0 Å². The van der Waals surface area contributed by atoms with Crippen LogP contribution in [0.2, 0.25) is 0 Å². The molecule has 6 aromatic carbocycles. The molecule has 2 fully saturated rings. The molecule has 8 aliphatic rings. The van der Waals surface area contributed by atoms with Crippen molar-refractivity contribution in [3.8, 4) is 22.5 Å². The fourth-order valence-electron chi connectivity index (χ4n) is 15.8. The molecule has 19 rings (SSSR count). The molecule has 6 aliphatic heterocycles. The number of halogens is 2. The van der Waals surface area contributed by atoms with Crippen LogP contribution < -0.4 is 14.7 Å². The van der Waals surface area contributed by atoms with E-state index in [2.05, 4.69) is 66.3 Å². The second-order valence-corrected chi connectivity index (χ2v) is 33.7. The third kappa shape index (κ3) is 13.3. The molecule has 3 amide bonds. The van der Waals surface area contributed by atoms with Gasteiger partial charge in [-0.3, -0.25) is 58.4 Å². The zero-order valence-corrected chi connectivity index (χ0v) is 64.1. The maximum atomic E-state index is 14.0. The van der Waals surface area contributed by atoms with Crippen molar-refractivity contribution in [1.82, 2.24) is 54.0 Å². The Kier molecular flexibility index (Phi) is 18.7. The first kappa shape index (κ1) is 72.3. The van der Waals surface area contributed by atoms with Crippen molar-refractivity contribution in [3.63, 3.8) is 0 Å². The number of carbonyl (C=O) groups is 3. The number of sulfone groups is 1. The van der Waals surface area contributed by atoms with E-state index in [1.807, 2.05) is 141 Å². The van der Waals surface area contributed by atoms with Crippen molar-refractivity contribution >= 4 is 85.5 Å². The van der Waals surface area contributed by atoms with Gasteiger partial charge in [-0.15, -0.1) is 0 Å². The van der Waals surface area contributed by atoms with E-state index in [0.29, 0.717) is 64.0 Å². The van der Waals surface area contributed by atoms with Gasteiger partial charge >= 0.3 is 0 Å². The molecule has 562 valence electrons. The first-order chi connectivity index (χ1) is 53.6. The molecule has 0 N–H and O–H groups in total. The van der Waals surface area contributed by atoms with Gasteiger partial charge in [0.1, 0.15) is 37.5 Å². The van der Waals surface area contributed by atoms with Gasteiger partial charge in [-0.05, 0) is 130 Å². The zero-order chi connectivity index (χ0) is 76.8. The van der Waals surface area contributed by atoms with Crippen LogP contribution in [-0.4, -0.2) is 160 Å². The Labute approximate surface area is 647 Å². The summed E-state index contributed by atoms with van der Waals surface area (Å²) in [6.45, 7) is 5.97. The lowest BCUT2D eigenvalue weighted by Gasteiger charge is -2.34. The SMILES string of the molecule is CN1C(=O)c2c(nn(Cc3ccc(-c4ccccn4)cc3)c2S(=O)c2ccccc2)N2C1=N[C@@H]1CCC[C@@H]12.CN1C(=O)c2c(nn(Cc3ccc(-c4ccccn4)cc3)c2Sc2ccccc2)N2C1=N[C@@H]1CCC[C@@H]12.CN1C(=O)c2c(nn(Cc3ccc(C(C)(F)F)cc3)c2S(=O)(=O)c2ccccc2)N2CC(C)(C)N=C12. The Morgan fingerprint density at radius 1 is 0.523 bits per heavy atom. The number of carbonyl (C=O) groups excluding carboxylic acids is 3. The van der Waals surface area contributed by atoms with Crippen LogP contribution >= 0.6 is 11.8 Å². The number of hydrogen-bond acceptors (Lipinski definition) is 18. The number of rotatable bonds is 15. The van der Waals surface area contributed by atoms with Gasteiger partial charge in [0.2, 0.25) is 27.7 Å². The number of fused-ring (bicyclic) bond motifs is 13. The molecule has 0 radical (unpaired) electrons. The Morgan fingerprint density at radius 2 is 0.982 bits per heavy atom. The smallest absolute Gasteiger partial charge is 0.270 e.